The number of nitrogens with two attached hydrogens (primary N) is 1. The van der Waals surface area contributed by atoms with Gasteiger partial charge in [-0.15, -0.1) is 0 Å². The number of fused-ring (bicyclic) bond motifs is 1. The Bertz CT molecular complexity index is 719. The van der Waals surface area contributed by atoms with Crippen molar-refractivity contribution in [2.75, 3.05) is 11.1 Å². The van der Waals surface area contributed by atoms with E-state index < -0.39 is 6.10 Å². The van der Waals surface area contributed by atoms with Crippen LogP contribution in [0.1, 0.15) is 5.56 Å². The highest BCUT2D eigenvalue weighted by atomic mass is 35.5. The lowest BCUT2D eigenvalue weighted by Crippen LogP contribution is -2.38. The number of hydrogen-bond donors (Lipinski definition) is 2. The van der Waals surface area contributed by atoms with Gasteiger partial charge in [0.1, 0.15) is 5.75 Å². The van der Waals surface area contributed by atoms with Gasteiger partial charge in [-0.3, -0.25) is 4.79 Å². The Labute approximate surface area is 131 Å². The lowest BCUT2D eigenvalue weighted by molar-refractivity contribution is -0.123. The molecule has 0 aromatic heterocycles. The normalized spacial score (nSPS) is 16.9. The number of carbonyl (C=O) groups is 1. The van der Waals surface area contributed by atoms with E-state index in [4.69, 9.17) is 33.7 Å². The molecule has 1 atom stereocenters. The zero-order chi connectivity index (χ0) is 15.0. The molecule has 4 nitrogen and oxygen atoms in total. The third-order valence-electron chi connectivity index (χ3n) is 3.26. The molecule has 0 spiro atoms. The number of nitrogens with one attached hydrogen (secondary N) is 1. The quantitative estimate of drug-likeness (QED) is 0.831. The summed E-state index contributed by atoms with van der Waals surface area (Å²) in [5.74, 6) is 0.334. The van der Waals surface area contributed by atoms with Crippen LogP contribution in [0.3, 0.4) is 0 Å². The number of halogens is 2. The number of benzene rings is 2. The van der Waals surface area contributed by atoms with Crippen molar-refractivity contribution in [3.63, 3.8) is 0 Å². The molecule has 3 N–H and O–H groups in total. The second-order valence-electron chi connectivity index (χ2n) is 4.77. The van der Waals surface area contributed by atoms with Crippen LogP contribution in [-0.4, -0.2) is 12.0 Å². The first kappa shape index (κ1) is 14.0. The maximum absolute atomic E-state index is 12.1. The summed E-state index contributed by atoms with van der Waals surface area (Å²) in [7, 11) is 0. The third-order valence-corrected chi connectivity index (χ3v) is 4.12. The average molecular weight is 323 g/mol. The van der Waals surface area contributed by atoms with E-state index in [0.717, 1.165) is 5.56 Å². The Morgan fingerprint density at radius 2 is 2.05 bits per heavy atom. The lowest BCUT2D eigenvalue weighted by atomic mass is 10.1. The number of rotatable bonds is 2. The average Bonchev–Trinajstić information content (AvgIpc) is 2.45. The van der Waals surface area contributed by atoms with Crippen molar-refractivity contribution >= 4 is 40.5 Å². The largest absolute Gasteiger partial charge is 0.478 e. The second kappa shape index (κ2) is 5.47. The van der Waals surface area contributed by atoms with Gasteiger partial charge in [0.2, 0.25) is 0 Å². The van der Waals surface area contributed by atoms with E-state index in [1.54, 1.807) is 30.3 Å². The van der Waals surface area contributed by atoms with Crippen LogP contribution in [0, 0.1) is 0 Å². The van der Waals surface area contributed by atoms with E-state index >= 15 is 0 Å². The molecule has 0 saturated carbocycles. The molecule has 0 saturated heterocycles. The Kier molecular flexibility index (Phi) is 3.66. The molecule has 2 aromatic rings. The standard InChI is InChI=1S/C15H12Cl2N2O2/c16-10-3-1-2-8(14(10)17)6-13-15(20)19-11-5-4-9(18)7-12(11)21-13/h1-5,7,13H,6,18H2,(H,19,20). The van der Waals surface area contributed by atoms with E-state index in [1.807, 2.05) is 6.07 Å². The van der Waals surface area contributed by atoms with Crippen LogP contribution in [0.25, 0.3) is 0 Å². The monoisotopic (exact) mass is 322 g/mol. The minimum Gasteiger partial charge on any atom is -0.478 e. The van der Waals surface area contributed by atoms with E-state index in [-0.39, 0.29) is 5.91 Å². The molecule has 0 radical (unpaired) electrons. The highest BCUT2D eigenvalue weighted by molar-refractivity contribution is 6.42. The fourth-order valence-corrected chi connectivity index (χ4v) is 2.60. The van der Waals surface area contributed by atoms with Crippen LogP contribution in [0.15, 0.2) is 36.4 Å². The molecule has 1 aliphatic rings. The number of hydrogen-bond acceptors (Lipinski definition) is 3. The Morgan fingerprint density at radius 3 is 2.86 bits per heavy atom. The summed E-state index contributed by atoms with van der Waals surface area (Å²) < 4.78 is 5.73. The summed E-state index contributed by atoms with van der Waals surface area (Å²) in [6.45, 7) is 0. The smallest absolute Gasteiger partial charge is 0.265 e. The Hall–Kier alpha value is -1.91. The van der Waals surface area contributed by atoms with Gasteiger partial charge in [0.05, 0.1) is 15.7 Å². The fraction of sp³-hybridized carbons (Fsp3) is 0.133. The molecule has 1 unspecified atom stereocenters. The van der Waals surface area contributed by atoms with Gasteiger partial charge in [-0.05, 0) is 23.8 Å². The highest BCUT2D eigenvalue weighted by Crippen LogP contribution is 2.33. The van der Waals surface area contributed by atoms with Crippen LogP contribution >= 0.6 is 23.2 Å². The molecular formula is C15H12Cl2N2O2. The van der Waals surface area contributed by atoms with Crippen molar-refractivity contribution in [3.8, 4) is 5.75 Å². The van der Waals surface area contributed by atoms with E-state index in [1.165, 1.54) is 0 Å². The molecular weight excluding hydrogens is 311 g/mol. The van der Waals surface area contributed by atoms with Crippen molar-refractivity contribution in [2.24, 2.45) is 0 Å². The molecule has 1 heterocycles. The molecule has 0 aliphatic carbocycles. The fourth-order valence-electron chi connectivity index (χ4n) is 2.20. The second-order valence-corrected chi connectivity index (χ2v) is 5.55. The summed E-state index contributed by atoms with van der Waals surface area (Å²) in [6.07, 6.45) is -0.338. The molecule has 108 valence electrons. The number of nitrogen functional groups attached to an aromatic ring is 1. The molecule has 1 aliphatic heterocycles. The zero-order valence-corrected chi connectivity index (χ0v) is 12.4. The van der Waals surface area contributed by atoms with Gasteiger partial charge in [-0.2, -0.15) is 0 Å². The SMILES string of the molecule is Nc1ccc2c(c1)OC(Cc1cccc(Cl)c1Cl)C(=O)N2. The van der Waals surface area contributed by atoms with Crippen LogP contribution < -0.4 is 15.8 Å². The summed E-state index contributed by atoms with van der Waals surface area (Å²) >= 11 is 12.1. The summed E-state index contributed by atoms with van der Waals surface area (Å²) in [5, 5.41) is 3.69. The minimum absolute atomic E-state index is 0.219. The third kappa shape index (κ3) is 2.77. The predicted octanol–water partition coefficient (Wildman–Crippen LogP) is 3.52. The van der Waals surface area contributed by atoms with Crippen LogP contribution in [0.5, 0.6) is 5.75 Å². The first-order valence-electron chi connectivity index (χ1n) is 6.34. The molecule has 0 fully saturated rings. The van der Waals surface area contributed by atoms with Gasteiger partial charge in [-0.25, -0.2) is 0 Å². The number of carbonyl (C=O) groups excluding carboxylic acids is 1. The maximum atomic E-state index is 12.1. The zero-order valence-electron chi connectivity index (χ0n) is 10.9. The first-order valence-corrected chi connectivity index (χ1v) is 7.10. The van der Waals surface area contributed by atoms with Gasteiger partial charge in [0.15, 0.2) is 6.10 Å². The molecule has 6 heteroatoms. The van der Waals surface area contributed by atoms with Gasteiger partial charge in [0.25, 0.3) is 5.91 Å². The number of ether oxygens (including phenoxy) is 1. The van der Waals surface area contributed by atoms with Crippen LogP contribution in [0.2, 0.25) is 10.0 Å². The molecule has 0 bridgehead atoms. The van der Waals surface area contributed by atoms with E-state index in [9.17, 15) is 4.79 Å². The van der Waals surface area contributed by atoms with Crippen molar-refractivity contribution in [1.29, 1.82) is 0 Å². The lowest BCUT2D eigenvalue weighted by Gasteiger charge is -2.26. The van der Waals surface area contributed by atoms with Gasteiger partial charge in [-0.1, -0.05) is 35.3 Å². The van der Waals surface area contributed by atoms with Crippen LogP contribution in [0.4, 0.5) is 11.4 Å². The highest BCUT2D eigenvalue weighted by Gasteiger charge is 2.28. The predicted molar refractivity (Wildman–Crippen MR) is 84.1 cm³/mol. The minimum atomic E-state index is -0.671. The summed E-state index contributed by atoms with van der Waals surface area (Å²) in [5.41, 5.74) is 7.68. The molecule has 21 heavy (non-hydrogen) atoms. The first-order chi connectivity index (χ1) is 10.0. The van der Waals surface area contributed by atoms with Gasteiger partial charge >= 0.3 is 0 Å². The summed E-state index contributed by atoms with van der Waals surface area (Å²) in [4.78, 5) is 12.1. The molecule has 2 aromatic carbocycles. The van der Waals surface area contributed by atoms with E-state index in [2.05, 4.69) is 5.32 Å². The van der Waals surface area contributed by atoms with Crippen LogP contribution in [-0.2, 0) is 11.2 Å². The van der Waals surface area contributed by atoms with Crippen molar-refractivity contribution < 1.29 is 9.53 Å². The van der Waals surface area contributed by atoms with E-state index in [0.29, 0.717) is 33.6 Å². The Morgan fingerprint density at radius 1 is 1.24 bits per heavy atom. The number of anilines is 2. The van der Waals surface area contributed by atoms with Crippen molar-refractivity contribution in [2.45, 2.75) is 12.5 Å². The topological polar surface area (TPSA) is 64.3 Å². The van der Waals surface area contributed by atoms with Gasteiger partial charge < -0.3 is 15.8 Å². The Balaban J connectivity index is 1.87. The van der Waals surface area contributed by atoms with Crippen molar-refractivity contribution in [3.05, 3.63) is 52.0 Å². The maximum Gasteiger partial charge on any atom is 0.265 e. The summed E-state index contributed by atoms with van der Waals surface area (Å²) in [6, 6.07) is 10.4. The molecule has 3 rings (SSSR count). The van der Waals surface area contributed by atoms with Gasteiger partial charge in [0, 0.05) is 18.2 Å². The van der Waals surface area contributed by atoms with Crippen molar-refractivity contribution in [1.82, 2.24) is 0 Å². The number of amides is 1. The molecule has 1 amide bonds.